The van der Waals surface area contributed by atoms with Crippen LogP contribution in [0.5, 0.6) is 0 Å². The van der Waals surface area contributed by atoms with Crippen molar-refractivity contribution in [3.8, 4) is 5.69 Å². The largest absolute Gasteiger partial charge is 0.342 e. The zero-order chi connectivity index (χ0) is 17.2. The number of aromatic amines is 1. The fourth-order valence-electron chi connectivity index (χ4n) is 2.80. The minimum Gasteiger partial charge on any atom is -0.342 e. The molecule has 0 aliphatic heterocycles. The zero-order valence-electron chi connectivity index (χ0n) is 14.1. The number of aromatic nitrogens is 4. The van der Waals surface area contributed by atoms with E-state index in [2.05, 4.69) is 63.7 Å². The van der Waals surface area contributed by atoms with Crippen LogP contribution in [0.25, 0.3) is 16.7 Å². The van der Waals surface area contributed by atoms with Gasteiger partial charge in [-0.3, -0.25) is 4.57 Å². The van der Waals surface area contributed by atoms with Crippen molar-refractivity contribution < 1.29 is 0 Å². The molecule has 5 heteroatoms. The van der Waals surface area contributed by atoms with Crippen molar-refractivity contribution >= 4 is 22.8 Å². The number of benzene rings is 2. The van der Waals surface area contributed by atoms with E-state index in [0.29, 0.717) is 0 Å². The van der Waals surface area contributed by atoms with Crippen LogP contribution in [0.1, 0.15) is 17.1 Å². The summed E-state index contributed by atoms with van der Waals surface area (Å²) in [6.45, 7) is 6.19. The summed E-state index contributed by atoms with van der Waals surface area (Å²) >= 11 is 1.72. The average molecular weight is 347 g/mol. The number of H-pyrrole nitrogens is 1. The highest BCUT2D eigenvalue weighted by Crippen LogP contribution is 2.24. The second kappa shape index (κ2) is 6.76. The number of rotatable bonds is 5. The predicted octanol–water partition coefficient (Wildman–Crippen LogP) is 4.57. The van der Waals surface area contributed by atoms with Gasteiger partial charge < -0.3 is 4.98 Å². The van der Waals surface area contributed by atoms with Gasteiger partial charge in [-0.25, -0.2) is 9.97 Å². The van der Waals surface area contributed by atoms with E-state index in [1.165, 1.54) is 5.56 Å². The van der Waals surface area contributed by atoms with Crippen LogP contribution in [0.2, 0.25) is 0 Å². The van der Waals surface area contributed by atoms with Crippen molar-refractivity contribution in [2.45, 2.75) is 18.5 Å². The Labute approximate surface area is 151 Å². The van der Waals surface area contributed by atoms with Gasteiger partial charge >= 0.3 is 0 Å². The monoisotopic (exact) mass is 347 g/mol. The zero-order valence-corrected chi connectivity index (χ0v) is 14.9. The molecule has 0 bridgehead atoms. The molecular weight excluding hydrogens is 328 g/mol. The molecule has 0 aliphatic rings. The maximum absolute atomic E-state index is 4.63. The summed E-state index contributed by atoms with van der Waals surface area (Å²) in [5.41, 5.74) is 5.34. The first kappa shape index (κ1) is 16.0. The molecule has 0 saturated carbocycles. The van der Waals surface area contributed by atoms with Crippen LogP contribution in [0, 0.1) is 13.8 Å². The topological polar surface area (TPSA) is 46.5 Å². The van der Waals surface area contributed by atoms with E-state index >= 15 is 0 Å². The number of hydrogen-bond acceptors (Lipinski definition) is 3. The first-order chi connectivity index (χ1) is 12.2. The first-order valence-corrected chi connectivity index (χ1v) is 9.22. The lowest BCUT2D eigenvalue weighted by molar-refractivity contribution is 0.879. The number of thioether (sulfide) groups is 1. The van der Waals surface area contributed by atoms with Crippen molar-refractivity contribution in [2.24, 2.45) is 0 Å². The lowest BCUT2D eigenvalue weighted by atomic mass is 10.2. The molecule has 0 atom stereocenters. The molecule has 1 radical (unpaired) electrons. The van der Waals surface area contributed by atoms with Gasteiger partial charge in [0.25, 0.3) is 0 Å². The second-order valence-corrected chi connectivity index (χ2v) is 7.06. The lowest BCUT2D eigenvalue weighted by Crippen LogP contribution is -2.00. The Morgan fingerprint density at radius 3 is 2.72 bits per heavy atom. The molecule has 2 aromatic heterocycles. The van der Waals surface area contributed by atoms with Gasteiger partial charge in [-0.15, -0.1) is 0 Å². The fourth-order valence-corrected chi connectivity index (χ4v) is 3.76. The van der Waals surface area contributed by atoms with E-state index in [1.807, 2.05) is 24.4 Å². The van der Waals surface area contributed by atoms with E-state index in [-0.39, 0.29) is 0 Å². The summed E-state index contributed by atoms with van der Waals surface area (Å²) in [4.78, 5) is 12.5. The van der Waals surface area contributed by atoms with Gasteiger partial charge in [0.1, 0.15) is 5.82 Å². The normalized spacial score (nSPS) is 11.3. The molecule has 0 unspecified atom stereocenters. The molecule has 0 saturated heterocycles. The van der Waals surface area contributed by atoms with Gasteiger partial charge in [0.15, 0.2) is 5.16 Å². The van der Waals surface area contributed by atoms with E-state index in [9.17, 15) is 0 Å². The minimum absolute atomic E-state index is 0.868. The van der Waals surface area contributed by atoms with Gasteiger partial charge in [-0.1, -0.05) is 41.6 Å². The Hall–Kier alpha value is -2.53. The van der Waals surface area contributed by atoms with Crippen LogP contribution >= 0.6 is 11.8 Å². The molecule has 1 N–H and O–H groups in total. The van der Waals surface area contributed by atoms with E-state index in [4.69, 9.17) is 0 Å². The maximum atomic E-state index is 4.63. The Morgan fingerprint density at radius 2 is 1.92 bits per heavy atom. The molecule has 4 rings (SSSR count). The molecule has 2 heterocycles. The summed E-state index contributed by atoms with van der Waals surface area (Å²) < 4.78 is 2.10. The van der Waals surface area contributed by atoms with Gasteiger partial charge in [0, 0.05) is 29.8 Å². The molecule has 125 valence electrons. The number of nitrogens with zero attached hydrogens (tertiary/aromatic N) is 3. The first-order valence-electron chi connectivity index (χ1n) is 8.24. The van der Waals surface area contributed by atoms with Crippen molar-refractivity contribution in [1.29, 1.82) is 0 Å². The highest BCUT2D eigenvalue weighted by atomic mass is 32.2. The van der Waals surface area contributed by atoms with Crippen LogP contribution in [-0.4, -0.2) is 25.3 Å². The van der Waals surface area contributed by atoms with Gasteiger partial charge in [-0.2, -0.15) is 0 Å². The van der Waals surface area contributed by atoms with E-state index in [0.717, 1.165) is 45.6 Å². The minimum atomic E-state index is 0.868. The van der Waals surface area contributed by atoms with Crippen molar-refractivity contribution in [3.63, 3.8) is 0 Å². The van der Waals surface area contributed by atoms with Gasteiger partial charge in [0.2, 0.25) is 0 Å². The maximum Gasteiger partial charge on any atom is 0.172 e. The van der Waals surface area contributed by atoms with Crippen LogP contribution in [0.15, 0.2) is 59.9 Å². The highest BCUT2D eigenvalue weighted by molar-refractivity contribution is 7.99. The SMILES string of the molecule is [CH2]c1cnc(SCCc2nc3ccccc3[nH]2)n1-c1ccc(C)cc1. The third-order valence-electron chi connectivity index (χ3n) is 4.10. The number of imidazole rings is 2. The standard InChI is InChI=1S/C20H19N4S/c1-14-7-9-16(10-8-14)24-15(2)13-21-20(24)25-12-11-19-22-17-5-3-4-6-18(17)23-19/h3-10,13H,2,11-12H2,1H3,(H,22,23). The van der Waals surface area contributed by atoms with Crippen molar-refractivity contribution in [2.75, 3.05) is 5.75 Å². The number of hydrogen-bond donors (Lipinski definition) is 1. The molecule has 0 amide bonds. The van der Waals surface area contributed by atoms with Crippen LogP contribution in [-0.2, 0) is 6.42 Å². The Balaban J connectivity index is 1.49. The molecule has 25 heavy (non-hydrogen) atoms. The number of aryl methyl sites for hydroxylation is 2. The number of para-hydroxylation sites is 2. The van der Waals surface area contributed by atoms with Gasteiger partial charge in [-0.05, 0) is 38.1 Å². The summed E-state index contributed by atoms with van der Waals surface area (Å²) in [5, 5.41) is 0.963. The smallest absolute Gasteiger partial charge is 0.172 e. The second-order valence-electron chi connectivity index (χ2n) is 6.00. The average Bonchev–Trinajstić information content (AvgIpc) is 3.19. The Bertz CT molecular complexity index is 965. The number of fused-ring (bicyclic) bond motifs is 1. The number of nitrogens with one attached hydrogen (secondary N) is 1. The third kappa shape index (κ3) is 3.33. The third-order valence-corrected chi connectivity index (χ3v) is 5.06. The van der Waals surface area contributed by atoms with Gasteiger partial charge in [0.05, 0.1) is 11.0 Å². The Morgan fingerprint density at radius 1 is 1.12 bits per heavy atom. The summed E-state index contributed by atoms with van der Waals surface area (Å²) in [5.74, 6) is 1.92. The van der Waals surface area contributed by atoms with E-state index in [1.54, 1.807) is 11.8 Å². The summed E-state index contributed by atoms with van der Waals surface area (Å²) in [7, 11) is 0. The van der Waals surface area contributed by atoms with Crippen LogP contribution in [0.3, 0.4) is 0 Å². The van der Waals surface area contributed by atoms with Crippen LogP contribution < -0.4 is 0 Å². The van der Waals surface area contributed by atoms with Crippen molar-refractivity contribution in [3.05, 3.63) is 78.7 Å². The molecule has 4 nitrogen and oxygen atoms in total. The molecule has 0 spiro atoms. The molecule has 0 fully saturated rings. The predicted molar refractivity (Wildman–Crippen MR) is 103 cm³/mol. The molecular formula is C20H19N4S. The molecule has 0 aliphatic carbocycles. The Kier molecular flexibility index (Phi) is 4.32. The lowest BCUT2D eigenvalue weighted by Gasteiger charge is -2.10. The fraction of sp³-hybridized carbons (Fsp3) is 0.150. The van der Waals surface area contributed by atoms with Crippen LogP contribution in [0.4, 0.5) is 0 Å². The summed E-state index contributed by atoms with van der Waals surface area (Å²) in [6.07, 6.45) is 2.69. The summed E-state index contributed by atoms with van der Waals surface area (Å²) in [6, 6.07) is 16.5. The van der Waals surface area contributed by atoms with Crippen molar-refractivity contribution in [1.82, 2.24) is 19.5 Å². The molecule has 2 aromatic carbocycles. The van der Waals surface area contributed by atoms with E-state index < -0.39 is 0 Å². The quantitative estimate of drug-likeness (QED) is 0.538. The highest BCUT2D eigenvalue weighted by Gasteiger charge is 2.10. The molecule has 4 aromatic rings.